The van der Waals surface area contributed by atoms with Crippen molar-refractivity contribution in [1.29, 1.82) is 0 Å². The average Bonchev–Trinajstić information content (AvgIpc) is 2.74. The Hall–Kier alpha value is -3.50. The van der Waals surface area contributed by atoms with E-state index in [9.17, 15) is 18.0 Å². The maximum atomic E-state index is 12.6. The quantitative estimate of drug-likeness (QED) is 0.576. The number of ether oxygens (including phenoxy) is 1. The molecule has 0 fully saturated rings. The van der Waals surface area contributed by atoms with Crippen molar-refractivity contribution >= 4 is 21.6 Å². The Bertz CT molecular complexity index is 1230. The molecule has 1 heterocycles. The molecule has 0 saturated carbocycles. The normalized spacial score (nSPS) is 11.4. The summed E-state index contributed by atoms with van der Waals surface area (Å²) in [6.45, 7) is 0. The van der Waals surface area contributed by atoms with E-state index in [-0.39, 0.29) is 10.6 Å². The van der Waals surface area contributed by atoms with Crippen LogP contribution in [0, 0.1) is 0 Å². The Morgan fingerprint density at radius 1 is 1.10 bits per heavy atom. The van der Waals surface area contributed by atoms with Gasteiger partial charge in [-0.05, 0) is 42.0 Å². The van der Waals surface area contributed by atoms with Crippen LogP contribution in [0.15, 0.2) is 64.3 Å². The third-order valence-electron chi connectivity index (χ3n) is 4.44. The van der Waals surface area contributed by atoms with Gasteiger partial charge in [0.2, 0.25) is 10.0 Å². The number of anilines is 1. The number of rotatable bonds is 7. The SMILES string of the molecule is COc1ccc(Cc2nc(C(=O)Nc3ccc(S(=O)(=O)N(C)C)cc3)cc(=O)[nH]2)cc1. The summed E-state index contributed by atoms with van der Waals surface area (Å²) >= 11 is 0. The first kappa shape index (κ1) is 22.2. The van der Waals surface area contributed by atoms with Crippen molar-refractivity contribution in [1.82, 2.24) is 14.3 Å². The monoisotopic (exact) mass is 442 g/mol. The molecule has 2 aromatic carbocycles. The van der Waals surface area contributed by atoms with E-state index >= 15 is 0 Å². The molecular weight excluding hydrogens is 420 g/mol. The van der Waals surface area contributed by atoms with Crippen LogP contribution in [0.2, 0.25) is 0 Å². The van der Waals surface area contributed by atoms with Gasteiger partial charge < -0.3 is 15.0 Å². The minimum Gasteiger partial charge on any atom is -0.497 e. The van der Waals surface area contributed by atoms with E-state index in [1.807, 2.05) is 12.1 Å². The van der Waals surface area contributed by atoms with E-state index in [0.29, 0.717) is 23.7 Å². The van der Waals surface area contributed by atoms with Gasteiger partial charge in [-0.25, -0.2) is 17.7 Å². The highest BCUT2D eigenvalue weighted by Crippen LogP contribution is 2.17. The molecular formula is C21H22N4O5S. The van der Waals surface area contributed by atoms with Crippen LogP contribution in [0.3, 0.4) is 0 Å². The fraction of sp³-hybridized carbons (Fsp3) is 0.190. The van der Waals surface area contributed by atoms with Crippen LogP contribution in [-0.2, 0) is 16.4 Å². The number of nitrogens with zero attached hydrogens (tertiary/aromatic N) is 2. The van der Waals surface area contributed by atoms with Gasteiger partial charge >= 0.3 is 0 Å². The number of amides is 1. The first-order valence-electron chi connectivity index (χ1n) is 9.26. The zero-order chi connectivity index (χ0) is 22.6. The summed E-state index contributed by atoms with van der Waals surface area (Å²) in [7, 11) is 0.885. The Morgan fingerprint density at radius 2 is 1.74 bits per heavy atom. The summed E-state index contributed by atoms with van der Waals surface area (Å²) < 4.78 is 30.5. The first-order valence-corrected chi connectivity index (χ1v) is 10.7. The lowest BCUT2D eigenvalue weighted by atomic mass is 10.1. The highest BCUT2D eigenvalue weighted by atomic mass is 32.2. The summed E-state index contributed by atoms with van der Waals surface area (Å²) in [6, 6.07) is 14.1. The summed E-state index contributed by atoms with van der Waals surface area (Å²) in [5.74, 6) is 0.475. The molecule has 3 aromatic rings. The smallest absolute Gasteiger partial charge is 0.274 e. The van der Waals surface area contributed by atoms with Crippen molar-refractivity contribution in [2.75, 3.05) is 26.5 Å². The number of hydrogen-bond donors (Lipinski definition) is 2. The van der Waals surface area contributed by atoms with Crippen LogP contribution >= 0.6 is 0 Å². The van der Waals surface area contributed by atoms with Crippen molar-refractivity contribution in [2.45, 2.75) is 11.3 Å². The maximum absolute atomic E-state index is 12.6. The highest BCUT2D eigenvalue weighted by Gasteiger charge is 2.17. The molecule has 0 atom stereocenters. The largest absolute Gasteiger partial charge is 0.497 e. The third kappa shape index (κ3) is 5.36. The van der Waals surface area contributed by atoms with Gasteiger partial charge in [-0.1, -0.05) is 12.1 Å². The molecule has 0 bridgehead atoms. The van der Waals surface area contributed by atoms with Crippen molar-refractivity contribution < 1.29 is 17.9 Å². The van der Waals surface area contributed by atoms with Crippen molar-refractivity contribution in [3.8, 4) is 5.75 Å². The molecule has 0 radical (unpaired) electrons. The van der Waals surface area contributed by atoms with Gasteiger partial charge in [-0.3, -0.25) is 9.59 Å². The lowest BCUT2D eigenvalue weighted by molar-refractivity contribution is 0.102. The second-order valence-corrected chi connectivity index (χ2v) is 9.02. The zero-order valence-electron chi connectivity index (χ0n) is 17.2. The number of carbonyl (C=O) groups excluding carboxylic acids is 1. The zero-order valence-corrected chi connectivity index (χ0v) is 18.1. The number of aromatic nitrogens is 2. The predicted molar refractivity (Wildman–Crippen MR) is 116 cm³/mol. The van der Waals surface area contributed by atoms with E-state index in [1.165, 1.54) is 38.4 Å². The summed E-state index contributed by atoms with van der Waals surface area (Å²) in [6.07, 6.45) is 0.331. The van der Waals surface area contributed by atoms with Gasteiger partial charge in [-0.2, -0.15) is 0 Å². The Labute approximate surface area is 179 Å². The van der Waals surface area contributed by atoms with Gasteiger partial charge in [-0.15, -0.1) is 0 Å². The Kier molecular flexibility index (Phi) is 6.52. The van der Waals surface area contributed by atoms with Gasteiger partial charge in [0.25, 0.3) is 11.5 Å². The number of H-pyrrole nitrogens is 1. The number of hydrogen-bond acceptors (Lipinski definition) is 6. The molecule has 0 saturated heterocycles. The molecule has 0 spiro atoms. The molecule has 1 aromatic heterocycles. The van der Waals surface area contributed by atoms with E-state index in [4.69, 9.17) is 4.74 Å². The molecule has 0 unspecified atom stereocenters. The average molecular weight is 442 g/mol. The number of aromatic amines is 1. The fourth-order valence-corrected chi connectivity index (χ4v) is 3.66. The number of benzene rings is 2. The van der Waals surface area contributed by atoms with Crippen LogP contribution in [0.5, 0.6) is 5.75 Å². The van der Waals surface area contributed by atoms with E-state index in [0.717, 1.165) is 15.9 Å². The van der Waals surface area contributed by atoms with Crippen LogP contribution < -0.4 is 15.6 Å². The Balaban J connectivity index is 1.76. The van der Waals surface area contributed by atoms with E-state index < -0.39 is 21.5 Å². The molecule has 0 aliphatic heterocycles. The number of carbonyl (C=O) groups is 1. The molecule has 9 nitrogen and oxygen atoms in total. The topological polar surface area (TPSA) is 121 Å². The van der Waals surface area contributed by atoms with Crippen LogP contribution in [0.4, 0.5) is 5.69 Å². The fourth-order valence-electron chi connectivity index (χ4n) is 2.76. The van der Waals surface area contributed by atoms with Crippen molar-refractivity contribution in [3.63, 3.8) is 0 Å². The van der Waals surface area contributed by atoms with Crippen LogP contribution in [0.1, 0.15) is 21.9 Å². The second kappa shape index (κ2) is 9.11. The lowest BCUT2D eigenvalue weighted by Gasteiger charge is -2.12. The minimum absolute atomic E-state index is 0.0442. The van der Waals surface area contributed by atoms with E-state index in [2.05, 4.69) is 15.3 Å². The molecule has 1 amide bonds. The molecule has 10 heteroatoms. The Morgan fingerprint density at radius 3 is 2.32 bits per heavy atom. The standard InChI is InChI=1S/C21H22N4O5S/c1-25(2)31(28,29)17-10-6-15(7-11-17)22-21(27)18-13-20(26)24-19(23-18)12-14-4-8-16(30-3)9-5-14/h4-11,13H,12H2,1-3H3,(H,22,27)(H,23,24,26). The first-order chi connectivity index (χ1) is 14.7. The summed E-state index contributed by atoms with van der Waals surface area (Å²) in [5.41, 5.74) is 0.772. The molecule has 0 aliphatic rings. The molecule has 2 N–H and O–H groups in total. The maximum Gasteiger partial charge on any atom is 0.274 e. The van der Waals surface area contributed by atoms with Gasteiger partial charge in [0.05, 0.1) is 12.0 Å². The van der Waals surface area contributed by atoms with Crippen molar-refractivity contribution in [3.05, 3.63) is 82.0 Å². The summed E-state index contributed by atoms with van der Waals surface area (Å²) in [5, 5.41) is 2.62. The predicted octanol–water partition coefficient (Wildman–Crippen LogP) is 1.87. The van der Waals surface area contributed by atoms with Gasteiger partial charge in [0.15, 0.2) is 0 Å². The van der Waals surface area contributed by atoms with E-state index in [1.54, 1.807) is 19.2 Å². The highest BCUT2D eigenvalue weighted by molar-refractivity contribution is 7.89. The number of methoxy groups -OCH3 is 1. The lowest BCUT2D eigenvalue weighted by Crippen LogP contribution is -2.22. The van der Waals surface area contributed by atoms with Crippen LogP contribution in [0.25, 0.3) is 0 Å². The molecule has 162 valence electrons. The second-order valence-electron chi connectivity index (χ2n) is 6.87. The number of nitrogens with one attached hydrogen (secondary N) is 2. The molecule has 31 heavy (non-hydrogen) atoms. The summed E-state index contributed by atoms with van der Waals surface area (Å²) in [4.78, 5) is 31.6. The minimum atomic E-state index is -3.56. The molecule has 3 rings (SSSR count). The van der Waals surface area contributed by atoms with Crippen LogP contribution in [-0.4, -0.2) is 49.8 Å². The van der Waals surface area contributed by atoms with Gasteiger partial charge in [0, 0.05) is 32.3 Å². The molecule has 0 aliphatic carbocycles. The number of sulfonamides is 1. The van der Waals surface area contributed by atoms with Gasteiger partial charge in [0.1, 0.15) is 17.3 Å². The third-order valence-corrected chi connectivity index (χ3v) is 6.27. The van der Waals surface area contributed by atoms with Crippen molar-refractivity contribution in [2.24, 2.45) is 0 Å².